The third-order valence-electron chi connectivity index (χ3n) is 3.08. The fraction of sp³-hybridized carbons (Fsp3) is 1.00. The zero-order valence-corrected chi connectivity index (χ0v) is 7.75. The molecule has 2 rings (SSSR count). The SMILES string of the molecule is COCCN1[C@@H]2CC[C@H]1CNC2. The maximum absolute atomic E-state index is 5.11. The van der Waals surface area contributed by atoms with Gasteiger partial charge in [0.1, 0.15) is 0 Å². The fourth-order valence-corrected chi connectivity index (χ4v) is 2.43. The van der Waals surface area contributed by atoms with Gasteiger partial charge in [0.15, 0.2) is 0 Å². The van der Waals surface area contributed by atoms with Gasteiger partial charge in [0.05, 0.1) is 6.61 Å². The van der Waals surface area contributed by atoms with E-state index in [0.29, 0.717) is 0 Å². The van der Waals surface area contributed by atoms with Crippen LogP contribution in [-0.4, -0.2) is 50.3 Å². The molecule has 2 bridgehead atoms. The van der Waals surface area contributed by atoms with Crippen molar-refractivity contribution in [3.05, 3.63) is 0 Å². The number of ether oxygens (including phenoxy) is 1. The van der Waals surface area contributed by atoms with Gasteiger partial charge in [-0.3, -0.25) is 4.90 Å². The highest BCUT2D eigenvalue weighted by Gasteiger charge is 2.35. The molecule has 2 atom stereocenters. The molecule has 3 heteroatoms. The largest absolute Gasteiger partial charge is 0.383 e. The molecule has 0 aromatic heterocycles. The molecule has 12 heavy (non-hydrogen) atoms. The molecule has 2 aliphatic heterocycles. The third-order valence-corrected chi connectivity index (χ3v) is 3.08. The molecule has 0 aromatic carbocycles. The number of nitrogens with zero attached hydrogens (tertiary/aromatic N) is 1. The Kier molecular flexibility index (Phi) is 2.63. The van der Waals surface area contributed by atoms with Gasteiger partial charge in [-0.2, -0.15) is 0 Å². The lowest BCUT2D eigenvalue weighted by Gasteiger charge is -2.34. The Morgan fingerprint density at radius 2 is 2.00 bits per heavy atom. The molecule has 3 nitrogen and oxygen atoms in total. The molecule has 2 aliphatic rings. The van der Waals surface area contributed by atoms with Crippen LogP contribution in [0.2, 0.25) is 0 Å². The van der Waals surface area contributed by atoms with Gasteiger partial charge in [-0.1, -0.05) is 0 Å². The second-order valence-corrected chi connectivity index (χ2v) is 3.77. The summed E-state index contributed by atoms with van der Waals surface area (Å²) in [6.07, 6.45) is 2.75. The zero-order valence-electron chi connectivity index (χ0n) is 7.75. The van der Waals surface area contributed by atoms with Crippen LogP contribution >= 0.6 is 0 Å². The van der Waals surface area contributed by atoms with Crippen LogP contribution in [0.4, 0.5) is 0 Å². The molecule has 1 N–H and O–H groups in total. The van der Waals surface area contributed by atoms with Crippen LogP contribution in [0, 0.1) is 0 Å². The average molecular weight is 170 g/mol. The summed E-state index contributed by atoms with van der Waals surface area (Å²) in [6.45, 7) is 4.36. The minimum Gasteiger partial charge on any atom is -0.383 e. The molecule has 2 saturated heterocycles. The van der Waals surface area contributed by atoms with Gasteiger partial charge in [0.2, 0.25) is 0 Å². The van der Waals surface area contributed by atoms with Crippen LogP contribution in [-0.2, 0) is 4.74 Å². The Morgan fingerprint density at radius 1 is 1.33 bits per heavy atom. The van der Waals surface area contributed by atoms with Gasteiger partial charge >= 0.3 is 0 Å². The van der Waals surface area contributed by atoms with Crippen LogP contribution in [0.1, 0.15) is 12.8 Å². The fourth-order valence-electron chi connectivity index (χ4n) is 2.43. The second kappa shape index (κ2) is 3.73. The van der Waals surface area contributed by atoms with Crippen molar-refractivity contribution in [3.63, 3.8) is 0 Å². The molecular formula is C9H18N2O. The van der Waals surface area contributed by atoms with Gasteiger partial charge in [-0.25, -0.2) is 0 Å². The van der Waals surface area contributed by atoms with E-state index in [1.165, 1.54) is 25.9 Å². The van der Waals surface area contributed by atoms with Crippen molar-refractivity contribution < 1.29 is 4.74 Å². The summed E-state index contributed by atoms with van der Waals surface area (Å²) in [4.78, 5) is 2.61. The lowest BCUT2D eigenvalue weighted by Crippen LogP contribution is -2.52. The first-order valence-corrected chi connectivity index (χ1v) is 4.87. The van der Waals surface area contributed by atoms with E-state index in [1.807, 2.05) is 0 Å². The molecule has 0 saturated carbocycles. The monoisotopic (exact) mass is 170 g/mol. The van der Waals surface area contributed by atoms with Gasteiger partial charge in [-0.15, -0.1) is 0 Å². The summed E-state index contributed by atoms with van der Waals surface area (Å²) in [5, 5.41) is 3.47. The van der Waals surface area contributed by atoms with Gasteiger partial charge in [-0.05, 0) is 12.8 Å². The summed E-state index contributed by atoms with van der Waals surface area (Å²) in [6, 6.07) is 1.58. The van der Waals surface area contributed by atoms with E-state index in [9.17, 15) is 0 Å². The summed E-state index contributed by atoms with van der Waals surface area (Å²) in [5.41, 5.74) is 0. The first kappa shape index (κ1) is 8.48. The number of rotatable bonds is 3. The molecule has 70 valence electrons. The predicted molar refractivity (Wildman–Crippen MR) is 48.3 cm³/mol. The van der Waals surface area contributed by atoms with Crippen LogP contribution < -0.4 is 5.32 Å². The third kappa shape index (κ3) is 1.49. The highest BCUT2D eigenvalue weighted by molar-refractivity contribution is 4.93. The molecule has 0 aromatic rings. The van der Waals surface area contributed by atoms with E-state index < -0.39 is 0 Å². The normalized spacial score (nSPS) is 35.8. The number of nitrogens with one attached hydrogen (secondary N) is 1. The smallest absolute Gasteiger partial charge is 0.0589 e. The molecule has 2 fully saturated rings. The van der Waals surface area contributed by atoms with E-state index in [2.05, 4.69) is 10.2 Å². The van der Waals surface area contributed by atoms with Crippen molar-refractivity contribution in [2.24, 2.45) is 0 Å². The summed E-state index contributed by atoms with van der Waals surface area (Å²) >= 11 is 0. The molecule has 0 spiro atoms. The lowest BCUT2D eigenvalue weighted by molar-refractivity contribution is 0.0986. The van der Waals surface area contributed by atoms with Crippen molar-refractivity contribution in [2.75, 3.05) is 33.4 Å². The number of piperazine rings is 1. The standard InChI is InChI=1S/C9H18N2O/c1-12-5-4-11-8-2-3-9(11)7-10-6-8/h8-10H,2-7H2,1H3/t8-,9+. The van der Waals surface area contributed by atoms with Gasteiger partial charge < -0.3 is 10.1 Å². The average Bonchev–Trinajstić information content (AvgIpc) is 2.36. The Bertz CT molecular complexity index is 135. The van der Waals surface area contributed by atoms with Crippen LogP contribution in [0.15, 0.2) is 0 Å². The second-order valence-electron chi connectivity index (χ2n) is 3.77. The summed E-state index contributed by atoms with van der Waals surface area (Å²) < 4.78 is 5.11. The van der Waals surface area contributed by atoms with Crippen molar-refractivity contribution in [3.8, 4) is 0 Å². The quantitative estimate of drug-likeness (QED) is 0.648. The van der Waals surface area contributed by atoms with Crippen molar-refractivity contribution in [1.82, 2.24) is 10.2 Å². The minimum atomic E-state index is 0.791. The predicted octanol–water partition coefficient (Wildman–Crippen LogP) is 0.0690. The zero-order chi connectivity index (χ0) is 8.39. The highest BCUT2D eigenvalue weighted by atomic mass is 16.5. The Balaban J connectivity index is 1.87. The molecular weight excluding hydrogens is 152 g/mol. The number of fused-ring (bicyclic) bond motifs is 2. The molecule has 0 unspecified atom stereocenters. The maximum Gasteiger partial charge on any atom is 0.0589 e. The topological polar surface area (TPSA) is 24.5 Å². The minimum absolute atomic E-state index is 0.791. The van der Waals surface area contributed by atoms with Crippen molar-refractivity contribution in [1.29, 1.82) is 0 Å². The summed E-state index contributed by atoms with van der Waals surface area (Å²) in [7, 11) is 1.78. The van der Waals surface area contributed by atoms with E-state index in [0.717, 1.165) is 25.2 Å². The Hall–Kier alpha value is -0.120. The maximum atomic E-state index is 5.11. The van der Waals surface area contributed by atoms with E-state index in [1.54, 1.807) is 7.11 Å². The van der Waals surface area contributed by atoms with Crippen LogP contribution in [0.25, 0.3) is 0 Å². The number of hydrogen-bond acceptors (Lipinski definition) is 3. The van der Waals surface area contributed by atoms with Gasteiger partial charge in [0, 0.05) is 38.8 Å². The van der Waals surface area contributed by atoms with E-state index in [4.69, 9.17) is 4.74 Å². The highest BCUT2D eigenvalue weighted by Crippen LogP contribution is 2.25. The van der Waals surface area contributed by atoms with E-state index in [-0.39, 0.29) is 0 Å². The molecule has 0 radical (unpaired) electrons. The summed E-state index contributed by atoms with van der Waals surface area (Å²) in [5.74, 6) is 0. The van der Waals surface area contributed by atoms with Crippen LogP contribution in [0.5, 0.6) is 0 Å². The van der Waals surface area contributed by atoms with Crippen molar-refractivity contribution >= 4 is 0 Å². The molecule has 2 heterocycles. The first-order chi connectivity index (χ1) is 5.92. The number of hydrogen-bond donors (Lipinski definition) is 1. The molecule has 0 aliphatic carbocycles. The molecule has 0 amide bonds. The Morgan fingerprint density at radius 3 is 2.58 bits per heavy atom. The van der Waals surface area contributed by atoms with Crippen molar-refractivity contribution in [2.45, 2.75) is 24.9 Å². The van der Waals surface area contributed by atoms with Gasteiger partial charge in [0.25, 0.3) is 0 Å². The van der Waals surface area contributed by atoms with E-state index >= 15 is 0 Å². The van der Waals surface area contributed by atoms with Crippen LogP contribution in [0.3, 0.4) is 0 Å². The number of methoxy groups -OCH3 is 1. The first-order valence-electron chi connectivity index (χ1n) is 4.87. The lowest BCUT2D eigenvalue weighted by atomic mass is 10.2. The Labute approximate surface area is 74.1 Å².